The van der Waals surface area contributed by atoms with E-state index in [1.807, 2.05) is 11.3 Å². The van der Waals surface area contributed by atoms with Crippen molar-refractivity contribution >= 4 is 0 Å². The van der Waals surface area contributed by atoms with Crippen molar-refractivity contribution in [1.29, 1.82) is 0 Å². The molecule has 0 amide bonds. The first-order chi connectivity index (χ1) is 8.38. The minimum atomic E-state index is 0.526. The van der Waals surface area contributed by atoms with Gasteiger partial charge in [0.2, 0.25) is 0 Å². The number of nitrogens with zero attached hydrogens (tertiary/aromatic N) is 1. The maximum absolute atomic E-state index is 6.37. The van der Waals surface area contributed by atoms with E-state index in [1.165, 1.54) is 32.1 Å². The molecule has 2 nitrogen and oxygen atoms in total. The number of hydrogen-bond donors (Lipinski definition) is 1. The SMILES string of the molecule is NC1CCCC2C1C1C2C2C3=C(C4CCC34)N21. The zero-order valence-corrected chi connectivity index (χ0v) is 10.2. The molecule has 2 heterocycles. The highest BCUT2D eigenvalue weighted by Crippen LogP contribution is 2.75. The molecule has 2 aliphatic heterocycles. The van der Waals surface area contributed by atoms with Gasteiger partial charge in [-0.3, -0.25) is 0 Å². The molecule has 0 spiro atoms. The summed E-state index contributed by atoms with van der Waals surface area (Å²) in [5.74, 6) is 5.01. The molecule has 17 heavy (non-hydrogen) atoms. The third-order valence-corrected chi connectivity index (χ3v) is 7.25. The van der Waals surface area contributed by atoms with Crippen LogP contribution in [-0.4, -0.2) is 23.0 Å². The standard InChI is InChI=1S/C15H20N2/c16-9-3-1-2-8-10(9)14-12(8)15-11-6-4-5-7(6)13(11)17(14)15/h6-10,12,14-15H,1-5,16H2. The number of piperidine rings is 2. The maximum atomic E-state index is 6.37. The second kappa shape index (κ2) is 2.32. The molecule has 0 aromatic rings. The lowest BCUT2D eigenvalue weighted by molar-refractivity contribution is -0.244. The summed E-state index contributed by atoms with van der Waals surface area (Å²) in [5.41, 5.74) is 10.1. The van der Waals surface area contributed by atoms with E-state index in [-0.39, 0.29) is 0 Å². The third-order valence-electron chi connectivity index (χ3n) is 7.25. The Labute approximate surface area is 102 Å². The molecule has 4 fully saturated rings. The Kier molecular flexibility index (Phi) is 1.17. The summed E-state index contributed by atoms with van der Waals surface area (Å²) in [5, 5.41) is 0. The highest BCUT2D eigenvalue weighted by molar-refractivity contribution is 5.54. The van der Waals surface area contributed by atoms with Crippen molar-refractivity contribution in [3.63, 3.8) is 0 Å². The van der Waals surface area contributed by atoms with Crippen molar-refractivity contribution in [3.8, 4) is 0 Å². The summed E-state index contributed by atoms with van der Waals surface area (Å²) >= 11 is 0. The lowest BCUT2D eigenvalue weighted by Gasteiger charge is -2.83. The second-order valence-corrected chi connectivity index (χ2v) is 7.39. The molecule has 8 unspecified atom stereocenters. The van der Waals surface area contributed by atoms with Crippen LogP contribution >= 0.6 is 0 Å². The Morgan fingerprint density at radius 3 is 2.71 bits per heavy atom. The van der Waals surface area contributed by atoms with Crippen molar-refractivity contribution in [1.82, 2.24) is 4.90 Å². The number of fused-ring (bicyclic) bond motifs is 12. The van der Waals surface area contributed by atoms with Gasteiger partial charge in [0.1, 0.15) is 0 Å². The molecule has 6 aliphatic rings. The average Bonchev–Trinajstić information content (AvgIpc) is 2.26. The molecule has 8 atom stereocenters. The molecule has 0 aromatic heterocycles. The van der Waals surface area contributed by atoms with Gasteiger partial charge in [-0.15, -0.1) is 0 Å². The van der Waals surface area contributed by atoms with Crippen LogP contribution < -0.4 is 5.73 Å². The van der Waals surface area contributed by atoms with Gasteiger partial charge in [0, 0.05) is 29.6 Å². The topological polar surface area (TPSA) is 29.3 Å². The first-order valence-electron chi connectivity index (χ1n) is 7.66. The van der Waals surface area contributed by atoms with Gasteiger partial charge >= 0.3 is 0 Å². The van der Waals surface area contributed by atoms with Crippen LogP contribution in [0.4, 0.5) is 0 Å². The fraction of sp³-hybridized carbons (Fsp3) is 0.867. The van der Waals surface area contributed by atoms with Gasteiger partial charge < -0.3 is 10.6 Å². The quantitative estimate of drug-likeness (QED) is 0.684. The Bertz CT molecular complexity index is 468. The number of hydrogen-bond acceptors (Lipinski definition) is 2. The van der Waals surface area contributed by atoms with Crippen LogP contribution in [0.1, 0.15) is 32.1 Å². The predicted octanol–water partition coefficient (Wildman–Crippen LogP) is 1.72. The molecule has 2 heteroatoms. The molecule has 0 bridgehead atoms. The van der Waals surface area contributed by atoms with Crippen LogP contribution in [0.5, 0.6) is 0 Å². The fourth-order valence-electron chi connectivity index (χ4n) is 6.49. The van der Waals surface area contributed by atoms with Gasteiger partial charge in [0.25, 0.3) is 0 Å². The molecule has 1 saturated heterocycles. The summed E-state index contributed by atoms with van der Waals surface area (Å²) in [6.45, 7) is 0. The van der Waals surface area contributed by atoms with Crippen LogP contribution in [-0.2, 0) is 0 Å². The van der Waals surface area contributed by atoms with Gasteiger partial charge in [-0.1, -0.05) is 6.42 Å². The highest BCUT2D eigenvalue weighted by Gasteiger charge is 2.76. The first-order valence-corrected chi connectivity index (χ1v) is 7.66. The lowest BCUT2D eigenvalue weighted by Crippen LogP contribution is -2.87. The van der Waals surface area contributed by atoms with Crippen LogP contribution in [0.15, 0.2) is 11.3 Å². The first kappa shape index (κ1) is 8.58. The lowest BCUT2D eigenvalue weighted by atomic mass is 9.37. The van der Waals surface area contributed by atoms with Crippen LogP contribution in [0.25, 0.3) is 0 Å². The Balaban J connectivity index is 1.39. The van der Waals surface area contributed by atoms with E-state index < -0.39 is 0 Å². The van der Waals surface area contributed by atoms with E-state index in [2.05, 4.69) is 4.90 Å². The molecule has 90 valence electrons. The summed E-state index contributed by atoms with van der Waals surface area (Å²) in [4.78, 5) is 2.83. The van der Waals surface area contributed by atoms with Gasteiger partial charge in [-0.2, -0.15) is 0 Å². The molecular weight excluding hydrogens is 208 g/mol. The van der Waals surface area contributed by atoms with Gasteiger partial charge in [0.05, 0.1) is 6.04 Å². The van der Waals surface area contributed by atoms with Crippen molar-refractivity contribution in [3.05, 3.63) is 11.3 Å². The van der Waals surface area contributed by atoms with Crippen molar-refractivity contribution in [2.75, 3.05) is 0 Å². The third kappa shape index (κ3) is 0.639. The number of rotatable bonds is 0. The largest absolute Gasteiger partial charge is 0.364 e. The van der Waals surface area contributed by atoms with Gasteiger partial charge in [0.15, 0.2) is 0 Å². The average molecular weight is 228 g/mol. The van der Waals surface area contributed by atoms with E-state index in [1.54, 1.807) is 0 Å². The second-order valence-electron chi connectivity index (χ2n) is 7.39. The summed E-state index contributed by atoms with van der Waals surface area (Å²) in [7, 11) is 0. The number of allylic oxidation sites excluding steroid dienone is 1. The molecule has 2 N–H and O–H groups in total. The minimum Gasteiger partial charge on any atom is -0.364 e. The van der Waals surface area contributed by atoms with Gasteiger partial charge in [-0.05, 0) is 49.0 Å². The molecule has 6 rings (SSSR count). The maximum Gasteiger partial charge on any atom is 0.0576 e. The molecule has 0 aromatic carbocycles. The molecule has 4 aliphatic carbocycles. The van der Waals surface area contributed by atoms with Crippen LogP contribution in [0.3, 0.4) is 0 Å². The predicted molar refractivity (Wildman–Crippen MR) is 65.0 cm³/mol. The summed E-state index contributed by atoms with van der Waals surface area (Å²) in [6, 6.07) is 2.36. The normalized spacial score (nSPS) is 64.4. The Morgan fingerprint density at radius 2 is 1.88 bits per heavy atom. The zero-order valence-electron chi connectivity index (χ0n) is 10.2. The zero-order chi connectivity index (χ0) is 10.9. The number of nitrogens with two attached hydrogens (primary N) is 1. The van der Waals surface area contributed by atoms with E-state index in [4.69, 9.17) is 5.73 Å². The molecule has 0 radical (unpaired) electrons. The Hall–Kier alpha value is -0.500. The van der Waals surface area contributed by atoms with E-state index >= 15 is 0 Å². The van der Waals surface area contributed by atoms with E-state index in [9.17, 15) is 0 Å². The summed E-state index contributed by atoms with van der Waals surface area (Å²) < 4.78 is 0. The fourth-order valence-corrected chi connectivity index (χ4v) is 6.49. The van der Waals surface area contributed by atoms with Crippen LogP contribution in [0.2, 0.25) is 0 Å². The highest BCUT2D eigenvalue weighted by atomic mass is 15.4. The van der Waals surface area contributed by atoms with Gasteiger partial charge in [-0.25, -0.2) is 0 Å². The summed E-state index contributed by atoms with van der Waals surface area (Å²) in [6.07, 6.45) is 7.18. The molecule has 3 saturated carbocycles. The minimum absolute atomic E-state index is 0.526. The van der Waals surface area contributed by atoms with Crippen molar-refractivity contribution < 1.29 is 0 Å². The van der Waals surface area contributed by atoms with Crippen molar-refractivity contribution in [2.45, 2.75) is 50.2 Å². The molecular formula is C15H20N2. The smallest absolute Gasteiger partial charge is 0.0576 e. The Morgan fingerprint density at radius 1 is 1.00 bits per heavy atom. The van der Waals surface area contributed by atoms with E-state index in [0.29, 0.717) is 6.04 Å². The van der Waals surface area contributed by atoms with E-state index in [0.717, 1.165) is 41.7 Å². The van der Waals surface area contributed by atoms with Crippen LogP contribution in [0, 0.1) is 29.6 Å². The monoisotopic (exact) mass is 228 g/mol. The van der Waals surface area contributed by atoms with Crippen molar-refractivity contribution in [2.24, 2.45) is 35.3 Å².